The fourth-order valence-corrected chi connectivity index (χ4v) is 1.54. The van der Waals surface area contributed by atoms with Gasteiger partial charge in [-0.15, -0.1) is 0 Å². The zero-order valence-electron chi connectivity index (χ0n) is 9.09. The zero-order chi connectivity index (χ0) is 10.8. The normalized spacial score (nSPS) is 13.0. The van der Waals surface area contributed by atoms with Crippen molar-refractivity contribution in [1.29, 1.82) is 0 Å². The lowest BCUT2D eigenvalue weighted by Crippen LogP contribution is -2.05. The molecule has 0 radical (unpaired) electrons. The molecule has 0 amide bonds. The Labute approximate surface area is 89.3 Å². The maximum atomic E-state index is 5.80. The van der Waals surface area contributed by atoms with Gasteiger partial charge in [0.15, 0.2) is 0 Å². The monoisotopic (exact) mass is 204 g/mol. The van der Waals surface area contributed by atoms with E-state index in [-0.39, 0.29) is 6.04 Å². The minimum absolute atomic E-state index is 0.0904. The second kappa shape index (κ2) is 3.90. The minimum atomic E-state index is 0.0904. The topological polar surface area (TPSA) is 48.8 Å². The van der Waals surface area contributed by atoms with Crippen LogP contribution in [0.4, 0.5) is 0 Å². The molecular weight excluding hydrogens is 188 g/mol. The van der Waals surface area contributed by atoms with E-state index in [1.165, 1.54) is 0 Å². The quantitative estimate of drug-likeness (QED) is 0.819. The van der Waals surface area contributed by atoms with E-state index in [4.69, 9.17) is 5.73 Å². The fraction of sp³-hybridized carbons (Fsp3) is 0.364. The number of aryl methyl sites for hydroxylation is 1. The minimum Gasteiger partial charge on any atom is -0.346 e. The maximum Gasteiger partial charge on any atom is 0.128 e. The Bertz CT molecular complexity index is 439. The Morgan fingerprint density at radius 1 is 1.47 bits per heavy atom. The summed E-state index contributed by atoms with van der Waals surface area (Å²) >= 11 is 0. The van der Waals surface area contributed by atoms with Crippen LogP contribution in [-0.4, -0.2) is 14.1 Å². The molecule has 0 spiro atoms. The van der Waals surface area contributed by atoms with Crippen LogP contribution < -0.4 is 5.73 Å². The van der Waals surface area contributed by atoms with Crippen molar-refractivity contribution in [2.24, 2.45) is 12.8 Å². The molecule has 0 aromatic carbocycles. The molecule has 0 aliphatic heterocycles. The van der Waals surface area contributed by atoms with Crippen LogP contribution in [0.15, 0.2) is 30.9 Å². The first kappa shape index (κ1) is 9.98. The van der Waals surface area contributed by atoms with E-state index in [2.05, 4.69) is 15.7 Å². The third kappa shape index (κ3) is 2.10. The molecule has 0 aliphatic carbocycles. The van der Waals surface area contributed by atoms with E-state index in [9.17, 15) is 0 Å². The highest BCUT2D eigenvalue weighted by atomic mass is 15.1. The van der Waals surface area contributed by atoms with E-state index < -0.39 is 0 Å². The van der Waals surface area contributed by atoms with Crippen molar-refractivity contribution in [3.05, 3.63) is 42.2 Å². The molecule has 2 heterocycles. The van der Waals surface area contributed by atoms with Gasteiger partial charge in [-0.1, -0.05) is 0 Å². The molecule has 2 rings (SSSR count). The largest absolute Gasteiger partial charge is 0.346 e. The molecule has 2 aromatic rings. The smallest absolute Gasteiger partial charge is 0.128 e. The summed E-state index contributed by atoms with van der Waals surface area (Å²) in [6.45, 7) is 2.77. The zero-order valence-corrected chi connectivity index (χ0v) is 9.09. The van der Waals surface area contributed by atoms with Crippen molar-refractivity contribution in [1.82, 2.24) is 14.1 Å². The molecule has 0 saturated carbocycles. The molecule has 2 aromatic heterocycles. The number of nitrogens with zero attached hydrogens (tertiary/aromatic N) is 3. The van der Waals surface area contributed by atoms with Gasteiger partial charge < -0.3 is 14.9 Å². The lowest BCUT2D eigenvalue weighted by Gasteiger charge is -2.03. The Hall–Kier alpha value is -1.55. The number of hydrogen-bond acceptors (Lipinski definition) is 2. The van der Waals surface area contributed by atoms with Crippen LogP contribution in [0.5, 0.6) is 0 Å². The van der Waals surface area contributed by atoms with Gasteiger partial charge in [0.05, 0.1) is 6.54 Å². The summed E-state index contributed by atoms with van der Waals surface area (Å²) in [4.78, 5) is 4.28. The highest BCUT2D eigenvalue weighted by Gasteiger charge is 2.03. The Balaban J connectivity index is 2.15. The summed E-state index contributed by atoms with van der Waals surface area (Å²) in [5.74, 6) is 1.04. The summed E-state index contributed by atoms with van der Waals surface area (Å²) in [5.41, 5.74) is 6.95. The average molecular weight is 204 g/mol. The molecule has 0 saturated heterocycles. The highest BCUT2D eigenvalue weighted by molar-refractivity contribution is 5.14. The van der Waals surface area contributed by atoms with Crippen LogP contribution in [0.2, 0.25) is 0 Å². The first-order chi connectivity index (χ1) is 7.16. The van der Waals surface area contributed by atoms with Gasteiger partial charge in [-0.25, -0.2) is 4.98 Å². The molecule has 2 N–H and O–H groups in total. The van der Waals surface area contributed by atoms with E-state index in [0.29, 0.717) is 0 Å². The number of hydrogen-bond donors (Lipinski definition) is 1. The van der Waals surface area contributed by atoms with Crippen LogP contribution in [0.3, 0.4) is 0 Å². The van der Waals surface area contributed by atoms with Crippen molar-refractivity contribution >= 4 is 0 Å². The second-order valence-electron chi connectivity index (χ2n) is 3.86. The van der Waals surface area contributed by atoms with Crippen LogP contribution in [-0.2, 0) is 13.6 Å². The molecular formula is C11H16N4. The van der Waals surface area contributed by atoms with Gasteiger partial charge in [-0.3, -0.25) is 0 Å². The van der Waals surface area contributed by atoms with E-state index >= 15 is 0 Å². The van der Waals surface area contributed by atoms with Gasteiger partial charge in [0, 0.05) is 37.9 Å². The second-order valence-corrected chi connectivity index (χ2v) is 3.86. The Kier molecular flexibility index (Phi) is 2.60. The SMILES string of the molecule is CC(N)c1ccn(Cc2nccn2C)c1. The number of imidazole rings is 1. The van der Waals surface area contributed by atoms with Gasteiger partial charge in [-0.2, -0.15) is 0 Å². The van der Waals surface area contributed by atoms with Gasteiger partial charge >= 0.3 is 0 Å². The highest BCUT2D eigenvalue weighted by Crippen LogP contribution is 2.10. The summed E-state index contributed by atoms with van der Waals surface area (Å²) in [6.07, 6.45) is 7.86. The number of rotatable bonds is 3. The predicted octanol–water partition coefficient (Wildman–Crippen LogP) is 1.29. The summed E-state index contributed by atoms with van der Waals surface area (Å²) in [5, 5.41) is 0. The van der Waals surface area contributed by atoms with Crippen molar-refractivity contribution < 1.29 is 0 Å². The van der Waals surface area contributed by atoms with Gasteiger partial charge in [0.1, 0.15) is 5.82 Å². The lowest BCUT2D eigenvalue weighted by atomic mass is 10.2. The van der Waals surface area contributed by atoms with Crippen LogP contribution in [0.1, 0.15) is 24.4 Å². The van der Waals surface area contributed by atoms with E-state index in [0.717, 1.165) is 17.9 Å². The van der Waals surface area contributed by atoms with Gasteiger partial charge in [-0.05, 0) is 18.6 Å². The van der Waals surface area contributed by atoms with Crippen molar-refractivity contribution in [2.75, 3.05) is 0 Å². The molecule has 0 bridgehead atoms. The van der Waals surface area contributed by atoms with Crippen molar-refractivity contribution in [2.45, 2.75) is 19.5 Å². The molecule has 0 fully saturated rings. The molecule has 0 aliphatic rings. The third-order valence-corrected chi connectivity index (χ3v) is 2.54. The Morgan fingerprint density at radius 2 is 2.27 bits per heavy atom. The average Bonchev–Trinajstić information content (AvgIpc) is 2.77. The van der Waals surface area contributed by atoms with E-state index in [1.807, 2.05) is 43.2 Å². The molecule has 4 heteroatoms. The molecule has 1 atom stereocenters. The van der Waals surface area contributed by atoms with Crippen molar-refractivity contribution in [3.63, 3.8) is 0 Å². The van der Waals surface area contributed by atoms with Crippen LogP contribution in [0, 0.1) is 0 Å². The standard InChI is InChI=1S/C11H16N4/c1-9(12)10-3-5-15(7-10)8-11-13-4-6-14(11)2/h3-7,9H,8,12H2,1-2H3. The summed E-state index contributed by atoms with van der Waals surface area (Å²) < 4.78 is 4.12. The first-order valence-corrected chi connectivity index (χ1v) is 5.04. The van der Waals surface area contributed by atoms with Crippen LogP contribution >= 0.6 is 0 Å². The molecule has 15 heavy (non-hydrogen) atoms. The summed E-state index contributed by atoms with van der Waals surface area (Å²) in [6, 6.07) is 2.14. The van der Waals surface area contributed by atoms with Crippen molar-refractivity contribution in [3.8, 4) is 0 Å². The molecule has 80 valence electrons. The van der Waals surface area contributed by atoms with Crippen LogP contribution in [0.25, 0.3) is 0 Å². The maximum absolute atomic E-state index is 5.80. The number of aromatic nitrogens is 3. The van der Waals surface area contributed by atoms with Gasteiger partial charge in [0.25, 0.3) is 0 Å². The number of nitrogens with two attached hydrogens (primary N) is 1. The Morgan fingerprint density at radius 3 is 2.80 bits per heavy atom. The lowest BCUT2D eigenvalue weighted by molar-refractivity contribution is 0.698. The predicted molar refractivity (Wildman–Crippen MR) is 59.3 cm³/mol. The fourth-order valence-electron chi connectivity index (χ4n) is 1.54. The first-order valence-electron chi connectivity index (χ1n) is 5.04. The molecule has 4 nitrogen and oxygen atoms in total. The van der Waals surface area contributed by atoms with E-state index in [1.54, 1.807) is 0 Å². The summed E-state index contributed by atoms with van der Waals surface area (Å²) in [7, 11) is 2.00. The molecule has 1 unspecified atom stereocenters. The van der Waals surface area contributed by atoms with Gasteiger partial charge in [0.2, 0.25) is 0 Å². The third-order valence-electron chi connectivity index (χ3n) is 2.54.